The summed E-state index contributed by atoms with van der Waals surface area (Å²) in [5.74, 6) is -0.411. The summed E-state index contributed by atoms with van der Waals surface area (Å²) < 4.78 is 10.0. The molecule has 0 atom stereocenters. The molecule has 10 heteroatoms. The highest BCUT2D eigenvalue weighted by Gasteiger charge is 2.13. The lowest BCUT2D eigenvalue weighted by atomic mass is 10.2. The third-order valence-corrected chi connectivity index (χ3v) is 4.06. The summed E-state index contributed by atoms with van der Waals surface area (Å²) in [6.07, 6.45) is 1.67. The zero-order valence-electron chi connectivity index (χ0n) is 14.4. The Hall–Kier alpha value is -2.97. The van der Waals surface area contributed by atoms with Gasteiger partial charge >= 0.3 is 5.97 Å². The van der Waals surface area contributed by atoms with Crippen LogP contribution in [0.15, 0.2) is 47.1 Å². The Kier molecular flexibility index (Phi) is 6.57. The van der Waals surface area contributed by atoms with Gasteiger partial charge in [0.15, 0.2) is 11.8 Å². The molecule has 144 valence electrons. The Morgan fingerprint density at radius 2 is 1.93 bits per heavy atom. The van der Waals surface area contributed by atoms with E-state index in [-0.39, 0.29) is 23.9 Å². The number of carbonyl (C=O) groups is 2. The Labute approximate surface area is 169 Å². The number of halogens is 2. The quantitative estimate of drug-likeness (QED) is 0.459. The molecule has 0 aliphatic heterocycles. The van der Waals surface area contributed by atoms with Gasteiger partial charge in [-0.15, -0.1) is 0 Å². The lowest BCUT2D eigenvalue weighted by Gasteiger charge is -2.06. The molecule has 1 aromatic carbocycles. The summed E-state index contributed by atoms with van der Waals surface area (Å²) in [7, 11) is 0. The first-order valence-electron chi connectivity index (χ1n) is 8.16. The van der Waals surface area contributed by atoms with Crippen LogP contribution in [0.3, 0.4) is 0 Å². The smallest absolute Gasteiger partial charge is 0.306 e. The molecule has 8 nitrogen and oxygen atoms in total. The first-order chi connectivity index (χ1) is 13.5. The van der Waals surface area contributed by atoms with Gasteiger partial charge in [-0.25, -0.2) is 4.98 Å². The highest BCUT2D eigenvalue weighted by molar-refractivity contribution is 6.32. The number of anilines is 1. The van der Waals surface area contributed by atoms with Gasteiger partial charge in [-0.2, -0.15) is 4.98 Å². The van der Waals surface area contributed by atoms with Crippen LogP contribution in [0, 0.1) is 0 Å². The number of ether oxygens (including phenoxy) is 1. The van der Waals surface area contributed by atoms with Crippen LogP contribution in [0.2, 0.25) is 10.2 Å². The van der Waals surface area contributed by atoms with Crippen LogP contribution in [0.5, 0.6) is 0 Å². The van der Waals surface area contributed by atoms with Crippen molar-refractivity contribution in [3.8, 4) is 11.4 Å². The number of pyridine rings is 1. The number of benzene rings is 1. The first-order valence-corrected chi connectivity index (χ1v) is 8.91. The minimum Gasteiger partial charge on any atom is -0.456 e. The van der Waals surface area contributed by atoms with Gasteiger partial charge in [-0.3, -0.25) is 9.59 Å². The van der Waals surface area contributed by atoms with E-state index in [1.807, 2.05) is 0 Å². The number of nitrogens with one attached hydrogen (secondary N) is 1. The average molecular weight is 421 g/mol. The number of esters is 1. The van der Waals surface area contributed by atoms with Gasteiger partial charge in [0, 0.05) is 23.2 Å². The molecule has 3 rings (SSSR count). The highest BCUT2D eigenvalue weighted by atomic mass is 35.5. The van der Waals surface area contributed by atoms with Gasteiger partial charge in [0.2, 0.25) is 11.7 Å². The second-order valence-corrected chi connectivity index (χ2v) is 6.36. The van der Waals surface area contributed by atoms with Gasteiger partial charge in [-0.05, 0) is 36.4 Å². The van der Waals surface area contributed by atoms with Crippen molar-refractivity contribution in [1.82, 2.24) is 15.1 Å². The number of carbonyl (C=O) groups excluding carboxylic acids is 2. The number of hydrogen-bond acceptors (Lipinski definition) is 7. The summed E-state index contributed by atoms with van der Waals surface area (Å²) in [5, 5.41) is 7.11. The van der Waals surface area contributed by atoms with Crippen LogP contribution in [0.4, 0.5) is 5.69 Å². The molecule has 28 heavy (non-hydrogen) atoms. The van der Waals surface area contributed by atoms with E-state index in [2.05, 4.69) is 20.4 Å². The molecule has 2 aromatic heterocycles. The van der Waals surface area contributed by atoms with E-state index < -0.39 is 18.5 Å². The molecule has 3 aromatic rings. The molecule has 0 unspecified atom stereocenters. The van der Waals surface area contributed by atoms with E-state index in [0.717, 1.165) is 5.56 Å². The molecule has 2 heterocycles. The molecular weight excluding hydrogens is 407 g/mol. The van der Waals surface area contributed by atoms with Gasteiger partial charge < -0.3 is 14.6 Å². The minimum absolute atomic E-state index is 0.0107. The van der Waals surface area contributed by atoms with Crippen molar-refractivity contribution >= 4 is 40.8 Å². The Morgan fingerprint density at radius 3 is 2.68 bits per heavy atom. The maximum Gasteiger partial charge on any atom is 0.306 e. The van der Waals surface area contributed by atoms with Gasteiger partial charge in [-0.1, -0.05) is 28.4 Å². The zero-order valence-corrected chi connectivity index (χ0v) is 15.9. The normalized spacial score (nSPS) is 10.5. The largest absolute Gasteiger partial charge is 0.456 e. The third-order valence-electron chi connectivity index (χ3n) is 3.51. The third kappa shape index (κ3) is 5.51. The molecule has 0 aliphatic rings. The molecule has 0 spiro atoms. The highest BCUT2D eigenvalue weighted by Crippen LogP contribution is 2.19. The molecule has 0 saturated heterocycles. The maximum atomic E-state index is 11.8. The van der Waals surface area contributed by atoms with E-state index in [9.17, 15) is 9.59 Å². The first kappa shape index (κ1) is 19.8. The molecule has 1 N–H and O–H groups in total. The van der Waals surface area contributed by atoms with Crippen LogP contribution in [-0.2, 0) is 20.7 Å². The van der Waals surface area contributed by atoms with Crippen molar-refractivity contribution in [3.05, 3.63) is 58.7 Å². The Balaban J connectivity index is 1.44. The second-order valence-electron chi connectivity index (χ2n) is 5.57. The van der Waals surface area contributed by atoms with Crippen molar-refractivity contribution in [3.63, 3.8) is 0 Å². The second kappa shape index (κ2) is 9.29. The van der Waals surface area contributed by atoms with Crippen LogP contribution in [-0.4, -0.2) is 33.6 Å². The van der Waals surface area contributed by atoms with Crippen molar-refractivity contribution in [2.45, 2.75) is 12.8 Å². The summed E-state index contributed by atoms with van der Waals surface area (Å²) in [6, 6.07) is 10.2. The van der Waals surface area contributed by atoms with Crippen molar-refractivity contribution in [2.75, 3.05) is 11.9 Å². The van der Waals surface area contributed by atoms with E-state index in [0.29, 0.717) is 16.5 Å². The van der Waals surface area contributed by atoms with Gasteiger partial charge in [0.1, 0.15) is 0 Å². The standard InChI is InChI=1S/C18H14Cl2N4O4/c19-12-5-3-11(4-6-12)18-23-15(28-24-18)7-8-16(26)27-10-14(25)22-13-2-1-9-21-17(13)20/h1-6,9H,7-8,10H2,(H,22,25). The van der Waals surface area contributed by atoms with Crippen molar-refractivity contribution < 1.29 is 18.8 Å². The number of aryl methyl sites for hydroxylation is 1. The molecule has 0 aliphatic carbocycles. The van der Waals surface area contributed by atoms with Crippen molar-refractivity contribution in [1.29, 1.82) is 0 Å². The predicted molar refractivity (Wildman–Crippen MR) is 102 cm³/mol. The summed E-state index contributed by atoms with van der Waals surface area (Å²) in [4.78, 5) is 31.7. The fraction of sp³-hybridized carbons (Fsp3) is 0.167. The summed E-state index contributed by atoms with van der Waals surface area (Å²) in [6.45, 7) is -0.441. The Bertz CT molecular complexity index is 976. The SMILES string of the molecule is O=C(COC(=O)CCc1nc(-c2ccc(Cl)cc2)no1)Nc1cccnc1Cl. The zero-order chi connectivity index (χ0) is 19.9. The molecular formula is C18H14Cl2N4O4. The van der Waals surface area contributed by atoms with Gasteiger partial charge in [0.25, 0.3) is 5.91 Å². The Morgan fingerprint density at radius 1 is 1.14 bits per heavy atom. The van der Waals surface area contributed by atoms with E-state index >= 15 is 0 Å². The number of hydrogen-bond donors (Lipinski definition) is 1. The lowest BCUT2D eigenvalue weighted by molar-refractivity contribution is -0.147. The maximum absolute atomic E-state index is 11.8. The number of amides is 1. The fourth-order valence-corrected chi connectivity index (χ4v) is 2.46. The van der Waals surface area contributed by atoms with E-state index in [4.69, 9.17) is 32.5 Å². The molecule has 0 bridgehead atoms. The van der Waals surface area contributed by atoms with E-state index in [1.165, 1.54) is 6.20 Å². The predicted octanol–water partition coefficient (Wildman–Crippen LogP) is 3.55. The fourth-order valence-electron chi connectivity index (χ4n) is 2.17. The van der Waals surface area contributed by atoms with E-state index in [1.54, 1.807) is 36.4 Å². The summed E-state index contributed by atoms with van der Waals surface area (Å²) in [5.41, 5.74) is 1.08. The van der Waals surface area contributed by atoms with Crippen LogP contribution in [0.25, 0.3) is 11.4 Å². The van der Waals surface area contributed by atoms with Crippen LogP contribution in [0.1, 0.15) is 12.3 Å². The van der Waals surface area contributed by atoms with Crippen LogP contribution >= 0.6 is 23.2 Å². The lowest BCUT2D eigenvalue weighted by Crippen LogP contribution is -2.21. The molecule has 0 fully saturated rings. The topological polar surface area (TPSA) is 107 Å². The molecule has 0 radical (unpaired) electrons. The number of rotatable bonds is 7. The molecule has 0 saturated carbocycles. The number of nitrogens with zero attached hydrogens (tertiary/aromatic N) is 3. The number of aromatic nitrogens is 3. The van der Waals surface area contributed by atoms with Crippen LogP contribution < -0.4 is 5.32 Å². The molecule has 1 amide bonds. The van der Waals surface area contributed by atoms with Gasteiger partial charge in [0.05, 0.1) is 12.1 Å². The average Bonchev–Trinajstić information content (AvgIpc) is 3.16. The van der Waals surface area contributed by atoms with Crippen molar-refractivity contribution in [2.24, 2.45) is 0 Å². The summed E-state index contributed by atoms with van der Waals surface area (Å²) >= 11 is 11.7. The monoisotopic (exact) mass is 420 g/mol. The minimum atomic E-state index is -0.571.